The molecule has 164 valence electrons. The number of carbonyl (C=O) groups is 5. The maximum Gasteiger partial charge on any atom is 0.246 e. The highest BCUT2D eigenvalue weighted by molar-refractivity contribution is 5.90. The number of carbonyl (C=O) groups excluding carboxylic acids is 5. The number of ether oxygens (including phenoxy) is 1. The molecule has 0 bridgehead atoms. The van der Waals surface area contributed by atoms with Gasteiger partial charge in [-0.1, -0.05) is 32.1 Å². The highest BCUT2D eigenvalue weighted by Crippen LogP contribution is 2.19. The minimum absolute atomic E-state index is 0.0822. The summed E-state index contributed by atoms with van der Waals surface area (Å²) in [7, 11) is 0. The average molecular weight is 413 g/mol. The summed E-state index contributed by atoms with van der Waals surface area (Å²) in [6.07, 6.45) is 7.82. The van der Waals surface area contributed by atoms with E-state index in [1.807, 2.05) is 0 Å². The first-order valence-corrected chi connectivity index (χ1v) is 9.83. The first-order valence-electron chi connectivity index (χ1n) is 9.83. The summed E-state index contributed by atoms with van der Waals surface area (Å²) in [6, 6.07) is 0. The lowest BCUT2D eigenvalue weighted by Gasteiger charge is -2.19. The molecule has 11 nitrogen and oxygen atoms in total. The largest absolute Gasteiger partial charge is 0.368 e. The summed E-state index contributed by atoms with van der Waals surface area (Å²) in [5.74, 6) is -2.81. The lowest BCUT2D eigenvalue weighted by Crippen LogP contribution is -2.45. The molecule has 11 heteroatoms. The van der Waals surface area contributed by atoms with Crippen LogP contribution in [0.2, 0.25) is 0 Å². The second-order valence-electron chi connectivity index (χ2n) is 6.85. The summed E-state index contributed by atoms with van der Waals surface area (Å²) in [6.45, 7) is -1.40. The lowest BCUT2D eigenvalue weighted by molar-refractivity contribution is -0.131. The van der Waals surface area contributed by atoms with Crippen molar-refractivity contribution in [3.05, 3.63) is 0 Å². The van der Waals surface area contributed by atoms with Crippen molar-refractivity contribution >= 4 is 29.5 Å². The molecule has 0 aromatic heterocycles. The molecule has 6 N–H and O–H groups in total. The SMILES string of the molecule is NC(=O)CNC(=O)CNC(=O)CNC(=O)CNC(=O)COC1CCCCCCC1. The van der Waals surface area contributed by atoms with E-state index < -0.39 is 29.5 Å². The van der Waals surface area contributed by atoms with Gasteiger partial charge < -0.3 is 31.7 Å². The fraction of sp³-hybridized carbons (Fsp3) is 0.722. The monoisotopic (exact) mass is 413 g/mol. The Morgan fingerprint density at radius 3 is 1.55 bits per heavy atom. The Hall–Kier alpha value is -2.69. The van der Waals surface area contributed by atoms with Crippen LogP contribution in [0, 0.1) is 0 Å². The molecule has 1 aliphatic carbocycles. The van der Waals surface area contributed by atoms with Crippen molar-refractivity contribution < 1.29 is 28.7 Å². The lowest BCUT2D eigenvalue weighted by atomic mass is 9.99. The average Bonchev–Trinajstić information content (AvgIpc) is 2.66. The highest BCUT2D eigenvalue weighted by atomic mass is 16.5. The predicted octanol–water partition coefficient (Wildman–Crippen LogP) is -1.93. The van der Waals surface area contributed by atoms with E-state index in [4.69, 9.17) is 10.5 Å². The summed E-state index contributed by atoms with van der Waals surface area (Å²) in [5.41, 5.74) is 4.87. The van der Waals surface area contributed by atoms with Crippen molar-refractivity contribution in [3.63, 3.8) is 0 Å². The van der Waals surface area contributed by atoms with Gasteiger partial charge in [-0.15, -0.1) is 0 Å². The fourth-order valence-electron chi connectivity index (χ4n) is 2.74. The molecule has 0 radical (unpaired) electrons. The number of primary amides is 1. The summed E-state index contributed by atoms with van der Waals surface area (Å²) < 4.78 is 5.63. The van der Waals surface area contributed by atoms with Gasteiger partial charge in [-0.2, -0.15) is 0 Å². The molecular weight excluding hydrogens is 382 g/mol. The molecule has 0 aliphatic heterocycles. The van der Waals surface area contributed by atoms with Crippen LogP contribution < -0.4 is 27.0 Å². The quantitative estimate of drug-likeness (QED) is 0.264. The predicted molar refractivity (Wildman–Crippen MR) is 103 cm³/mol. The Morgan fingerprint density at radius 2 is 1.07 bits per heavy atom. The van der Waals surface area contributed by atoms with Crippen molar-refractivity contribution in [1.82, 2.24) is 21.3 Å². The van der Waals surface area contributed by atoms with Gasteiger partial charge in [0.15, 0.2) is 0 Å². The van der Waals surface area contributed by atoms with E-state index in [1.54, 1.807) is 0 Å². The van der Waals surface area contributed by atoms with Crippen molar-refractivity contribution in [2.45, 2.75) is 51.0 Å². The Balaban J connectivity index is 2.09. The third kappa shape index (κ3) is 13.2. The summed E-state index contributed by atoms with van der Waals surface area (Å²) in [5, 5.41) is 9.23. The van der Waals surface area contributed by atoms with Gasteiger partial charge in [-0.25, -0.2) is 0 Å². The smallest absolute Gasteiger partial charge is 0.246 e. The van der Waals surface area contributed by atoms with Gasteiger partial charge in [0.25, 0.3) is 0 Å². The van der Waals surface area contributed by atoms with Crippen LogP contribution in [0.4, 0.5) is 0 Å². The summed E-state index contributed by atoms with van der Waals surface area (Å²) >= 11 is 0. The van der Waals surface area contributed by atoms with E-state index in [0.717, 1.165) is 25.7 Å². The van der Waals surface area contributed by atoms with Crippen LogP contribution in [-0.4, -0.2) is 68.4 Å². The maximum atomic E-state index is 11.8. The van der Waals surface area contributed by atoms with Crippen molar-refractivity contribution in [2.24, 2.45) is 5.73 Å². The fourth-order valence-corrected chi connectivity index (χ4v) is 2.74. The molecule has 0 aromatic carbocycles. The van der Waals surface area contributed by atoms with Crippen LogP contribution in [0.5, 0.6) is 0 Å². The molecule has 0 atom stereocenters. The van der Waals surface area contributed by atoms with E-state index in [-0.39, 0.29) is 38.9 Å². The van der Waals surface area contributed by atoms with Crippen LogP contribution in [0.3, 0.4) is 0 Å². The van der Waals surface area contributed by atoms with Crippen LogP contribution >= 0.6 is 0 Å². The number of rotatable bonds is 11. The molecule has 1 rings (SSSR count). The Bertz CT molecular complexity index is 575. The second kappa shape index (κ2) is 14.3. The van der Waals surface area contributed by atoms with Crippen LogP contribution in [0.25, 0.3) is 0 Å². The molecule has 1 fully saturated rings. The van der Waals surface area contributed by atoms with Gasteiger partial charge >= 0.3 is 0 Å². The third-order valence-corrected chi connectivity index (χ3v) is 4.30. The Labute approximate surface area is 169 Å². The molecule has 1 aliphatic rings. The van der Waals surface area contributed by atoms with Crippen LogP contribution in [-0.2, 0) is 28.7 Å². The van der Waals surface area contributed by atoms with Gasteiger partial charge in [0.1, 0.15) is 6.61 Å². The zero-order chi connectivity index (χ0) is 21.5. The summed E-state index contributed by atoms with van der Waals surface area (Å²) in [4.78, 5) is 56.8. The molecule has 1 saturated carbocycles. The maximum absolute atomic E-state index is 11.8. The molecule has 0 aromatic rings. The topological polar surface area (TPSA) is 169 Å². The molecule has 0 spiro atoms. The van der Waals surface area contributed by atoms with Gasteiger partial charge in [0.2, 0.25) is 29.5 Å². The highest BCUT2D eigenvalue weighted by Gasteiger charge is 2.14. The van der Waals surface area contributed by atoms with Gasteiger partial charge in [0.05, 0.1) is 32.3 Å². The molecule has 0 unspecified atom stereocenters. The number of nitrogens with one attached hydrogen (secondary N) is 4. The third-order valence-electron chi connectivity index (χ3n) is 4.30. The molecule has 5 amide bonds. The molecule has 0 heterocycles. The second-order valence-corrected chi connectivity index (χ2v) is 6.85. The van der Waals surface area contributed by atoms with E-state index in [1.165, 1.54) is 19.3 Å². The zero-order valence-electron chi connectivity index (χ0n) is 16.6. The minimum Gasteiger partial charge on any atom is -0.368 e. The normalized spacial score (nSPS) is 14.8. The Morgan fingerprint density at radius 1 is 0.655 bits per heavy atom. The Kier molecular flexibility index (Phi) is 12.0. The van der Waals surface area contributed by atoms with Crippen molar-refractivity contribution in [3.8, 4) is 0 Å². The van der Waals surface area contributed by atoms with Gasteiger partial charge in [-0.3, -0.25) is 24.0 Å². The molecule has 0 saturated heterocycles. The molecular formula is C18H31N5O6. The van der Waals surface area contributed by atoms with Crippen LogP contribution in [0.15, 0.2) is 0 Å². The van der Waals surface area contributed by atoms with E-state index in [9.17, 15) is 24.0 Å². The molecule has 29 heavy (non-hydrogen) atoms. The van der Waals surface area contributed by atoms with E-state index >= 15 is 0 Å². The number of nitrogens with two attached hydrogens (primary N) is 1. The first kappa shape index (κ1) is 24.3. The van der Waals surface area contributed by atoms with Gasteiger partial charge in [-0.05, 0) is 12.8 Å². The standard InChI is InChI=1S/C18H31N5O6/c19-14(24)8-20-15(25)9-21-16(26)10-22-17(27)11-23-18(28)12-29-13-6-4-2-1-3-5-7-13/h13H,1-12H2,(H2,19,24)(H,20,25)(H,21,26)(H,22,27)(H,23,28). The number of amides is 5. The van der Waals surface area contributed by atoms with E-state index in [2.05, 4.69) is 21.3 Å². The van der Waals surface area contributed by atoms with Gasteiger partial charge in [0, 0.05) is 0 Å². The zero-order valence-corrected chi connectivity index (χ0v) is 16.6. The number of hydrogen-bond acceptors (Lipinski definition) is 6. The minimum atomic E-state index is -0.700. The van der Waals surface area contributed by atoms with Crippen LogP contribution in [0.1, 0.15) is 44.9 Å². The van der Waals surface area contributed by atoms with Crippen molar-refractivity contribution in [2.75, 3.05) is 32.8 Å². The number of hydrogen-bond donors (Lipinski definition) is 5. The first-order chi connectivity index (χ1) is 13.9. The van der Waals surface area contributed by atoms with Crippen molar-refractivity contribution in [1.29, 1.82) is 0 Å². The van der Waals surface area contributed by atoms with E-state index in [0.29, 0.717) is 0 Å².